The van der Waals surface area contributed by atoms with Crippen LogP contribution in [0.3, 0.4) is 0 Å². The summed E-state index contributed by atoms with van der Waals surface area (Å²) < 4.78 is 78.5. The number of halogens is 3. The maximum Gasteiger partial charge on any atom is 0.255 e. The summed E-state index contributed by atoms with van der Waals surface area (Å²) in [6.07, 6.45) is 1.79. The van der Waals surface area contributed by atoms with Gasteiger partial charge in [-0.1, -0.05) is 11.6 Å². The molecule has 0 spiro atoms. The number of aliphatic hydroxyl groups is 1. The summed E-state index contributed by atoms with van der Waals surface area (Å²) in [5.74, 6) is -3.78. The highest BCUT2D eigenvalue weighted by molar-refractivity contribution is 7.92. The van der Waals surface area contributed by atoms with Gasteiger partial charge in [0.2, 0.25) is 10.0 Å². The third-order valence-corrected chi connectivity index (χ3v) is 10.1. The normalized spacial score (nSPS) is 26.1. The van der Waals surface area contributed by atoms with Gasteiger partial charge in [0.25, 0.3) is 5.91 Å². The fourth-order valence-corrected chi connectivity index (χ4v) is 7.76. The molecule has 3 aliphatic rings. The van der Waals surface area contributed by atoms with Crippen LogP contribution >= 0.6 is 11.6 Å². The van der Waals surface area contributed by atoms with Crippen LogP contribution in [0, 0.1) is 23.5 Å². The number of benzene rings is 2. The van der Waals surface area contributed by atoms with Gasteiger partial charge in [-0.25, -0.2) is 30.3 Å². The summed E-state index contributed by atoms with van der Waals surface area (Å²) >= 11 is 6.18. The zero-order valence-electron chi connectivity index (χ0n) is 18.5. The summed E-state index contributed by atoms with van der Waals surface area (Å²) in [4.78, 5) is 12.4. The molecule has 0 heterocycles. The lowest BCUT2D eigenvalue weighted by Gasteiger charge is -2.58. The fraction of sp³-hybridized carbons (Fsp3) is 0.409. The summed E-state index contributed by atoms with van der Waals surface area (Å²) in [7, 11) is -7.52. The van der Waals surface area contributed by atoms with Crippen molar-refractivity contribution in [2.24, 2.45) is 11.8 Å². The largest absolute Gasteiger partial charge is 0.388 e. The van der Waals surface area contributed by atoms with Crippen LogP contribution in [0.1, 0.15) is 29.6 Å². The van der Waals surface area contributed by atoms with Crippen molar-refractivity contribution in [3.05, 3.63) is 58.6 Å². The molecule has 3 aliphatic carbocycles. The summed E-state index contributed by atoms with van der Waals surface area (Å²) in [5.41, 5.74) is -1.37. The van der Waals surface area contributed by atoms with E-state index < -0.39 is 60.1 Å². The standard InChI is InChI=1S/C22H23ClF2N2O6S2/c1-34(30,31)26-11-22(29)13-7-14(22)9-16(8-13)35(32,33)20-6-12(2-4-17(20)23)21(28)27-15-3-5-18(24)19(25)10-15/h2-6,10,13-14,16,26,29H,7-9,11H2,1H3,(H,27,28). The lowest BCUT2D eigenvalue weighted by Crippen LogP contribution is -2.66. The molecule has 1 amide bonds. The highest BCUT2D eigenvalue weighted by Gasteiger charge is 2.60. The number of anilines is 1. The molecule has 0 radical (unpaired) electrons. The molecule has 2 atom stereocenters. The zero-order valence-corrected chi connectivity index (χ0v) is 20.9. The van der Waals surface area contributed by atoms with E-state index in [0.717, 1.165) is 30.5 Å². The molecule has 0 saturated heterocycles. The Morgan fingerprint density at radius 3 is 2.31 bits per heavy atom. The molecule has 35 heavy (non-hydrogen) atoms. The van der Waals surface area contributed by atoms with E-state index in [0.29, 0.717) is 6.42 Å². The van der Waals surface area contributed by atoms with Crippen molar-refractivity contribution < 1.29 is 35.5 Å². The van der Waals surface area contributed by atoms with Gasteiger partial charge >= 0.3 is 0 Å². The predicted octanol–water partition coefficient (Wildman–Crippen LogP) is 2.72. The first kappa shape index (κ1) is 26.0. The van der Waals surface area contributed by atoms with Crippen molar-refractivity contribution in [1.29, 1.82) is 0 Å². The molecule has 0 aromatic heterocycles. The fourth-order valence-electron chi connectivity index (χ4n) is 4.86. The molecular formula is C22H23ClF2N2O6S2. The third-order valence-electron chi connectivity index (χ3n) is 6.81. The van der Waals surface area contributed by atoms with Gasteiger partial charge < -0.3 is 10.4 Å². The van der Waals surface area contributed by atoms with Crippen molar-refractivity contribution in [1.82, 2.24) is 4.72 Å². The highest BCUT2D eigenvalue weighted by Crippen LogP contribution is 2.55. The average molecular weight is 549 g/mol. The minimum atomic E-state index is -4.00. The molecule has 8 nitrogen and oxygen atoms in total. The number of carbonyl (C=O) groups excluding carboxylic acids is 1. The number of hydrogen-bond donors (Lipinski definition) is 3. The van der Waals surface area contributed by atoms with Crippen molar-refractivity contribution in [2.75, 3.05) is 18.1 Å². The van der Waals surface area contributed by atoms with Crippen LogP contribution in [0.4, 0.5) is 14.5 Å². The lowest BCUT2D eigenvalue weighted by atomic mass is 9.54. The second-order valence-corrected chi connectivity index (χ2v) is 13.5. The van der Waals surface area contributed by atoms with Crippen LogP contribution in [-0.2, 0) is 19.9 Å². The number of amides is 1. The smallest absolute Gasteiger partial charge is 0.255 e. The van der Waals surface area contributed by atoms with E-state index in [4.69, 9.17) is 11.6 Å². The van der Waals surface area contributed by atoms with E-state index in [1.54, 1.807) is 0 Å². The number of sulfonamides is 1. The Kier molecular flexibility index (Phi) is 6.73. The van der Waals surface area contributed by atoms with Crippen LogP contribution in [0.2, 0.25) is 5.02 Å². The molecule has 2 aromatic carbocycles. The molecule has 2 unspecified atom stereocenters. The molecule has 2 bridgehead atoms. The zero-order chi connectivity index (χ0) is 25.8. The molecule has 5 rings (SSSR count). The van der Waals surface area contributed by atoms with Gasteiger partial charge in [0, 0.05) is 23.9 Å². The predicted molar refractivity (Wildman–Crippen MR) is 125 cm³/mol. The van der Waals surface area contributed by atoms with Crippen LogP contribution in [-0.4, -0.2) is 51.5 Å². The molecule has 0 aliphatic heterocycles. The highest BCUT2D eigenvalue weighted by atomic mass is 35.5. The van der Waals surface area contributed by atoms with Gasteiger partial charge in [0.1, 0.15) is 0 Å². The van der Waals surface area contributed by atoms with Gasteiger partial charge in [0.05, 0.1) is 27.0 Å². The Morgan fingerprint density at radius 2 is 1.71 bits per heavy atom. The average Bonchev–Trinajstić information content (AvgIpc) is 2.79. The first-order valence-corrected chi connectivity index (χ1v) is 14.5. The SMILES string of the molecule is CS(=O)(=O)NCC1(O)C2CC1CC(S(=O)(=O)c1cc(C(=O)Nc3ccc(F)c(F)c3)ccc1Cl)C2. The minimum absolute atomic E-state index is 0.0115. The van der Waals surface area contributed by atoms with E-state index in [1.807, 2.05) is 0 Å². The van der Waals surface area contributed by atoms with Crippen LogP contribution in [0.15, 0.2) is 41.3 Å². The van der Waals surface area contributed by atoms with Gasteiger partial charge in [-0.2, -0.15) is 0 Å². The van der Waals surface area contributed by atoms with Gasteiger partial charge in [0.15, 0.2) is 21.5 Å². The van der Waals surface area contributed by atoms with Gasteiger partial charge in [-0.3, -0.25) is 4.79 Å². The molecule has 190 valence electrons. The Labute approximate surface area is 206 Å². The quantitative estimate of drug-likeness (QED) is 0.488. The maximum absolute atomic E-state index is 13.4. The van der Waals surface area contributed by atoms with E-state index in [9.17, 15) is 35.5 Å². The molecular weight excluding hydrogens is 526 g/mol. The van der Waals surface area contributed by atoms with Crippen LogP contribution in [0.5, 0.6) is 0 Å². The second-order valence-electron chi connectivity index (χ2n) is 9.08. The first-order valence-electron chi connectivity index (χ1n) is 10.7. The van der Waals surface area contributed by atoms with E-state index in [-0.39, 0.29) is 40.6 Å². The Balaban J connectivity index is 1.52. The topological polar surface area (TPSA) is 130 Å². The van der Waals surface area contributed by atoms with Gasteiger partial charge in [-0.15, -0.1) is 0 Å². The number of sulfone groups is 1. The third kappa shape index (κ3) is 5.08. The number of rotatable bonds is 7. The van der Waals surface area contributed by atoms with E-state index >= 15 is 0 Å². The Bertz CT molecular complexity index is 1390. The first-order chi connectivity index (χ1) is 16.2. The Morgan fingerprint density at radius 1 is 1.06 bits per heavy atom. The van der Waals surface area contributed by atoms with E-state index in [2.05, 4.69) is 10.0 Å². The van der Waals surface area contributed by atoms with Crippen LogP contribution < -0.4 is 10.0 Å². The van der Waals surface area contributed by atoms with E-state index in [1.165, 1.54) is 12.1 Å². The van der Waals surface area contributed by atoms with Crippen molar-refractivity contribution >= 4 is 43.1 Å². The minimum Gasteiger partial charge on any atom is -0.388 e. The second kappa shape index (κ2) is 9.07. The van der Waals surface area contributed by atoms with Crippen LogP contribution in [0.25, 0.3) is 0 Å². The summed E-state index contributed by atoms with van der Waals surface area (Å²) in [6.45, 7) is -0.186. The van der Waals surface area contributed by atoms with Crippen molar-refractivity contribution in [3.8, 4) is 0 Å². The van der Waals surface area contributed by atoms with Gasteiger partial charge in [-0.05, 0) is 61.4 Å². The molecule has 2 aromatic rings. The molecule has 3 N–H and O–H groups in total. The monoisotopic (exact) mass is 548 g/mol. The number of carbonyl (C=O) groups is 1. The summed E-state index contributed by atoms with van der Waals surface area (Å²) in [6, 6.07) is 6.52. The maximum atomic E-state index is 13.4. The lowest BCUT2D eigenvalue weighted by molar-refractivity contribution is -0.170. The number of nitrogens with one attached hydrogen (secondary N) is 2. The molecule has 13 heteroatoms. The van der Waals surface area contributed by atoms with Crippen molar-refractivity contribution in [2.45, 2.75) is 35.0 Å². The van der Waals surface area contributed by atoms with Crippen molar-refractivity contribution in [3.63, 3.8) is 0 Å². The summed E-state index contributed by atoms with van der Waals surface area (Å²) in [5, 5.41) is 12.3. The number of hydrogen-bond acceptors (Lipinski definition) is 6. The molecule has 3 saturated carbocycles. The Hall–Kier alpha value is -2.12. The number of fused-ring (bicyclic) bond motifs is 2. The molecule has 3 fully saturated rings.